The molecule has 0 aliphatic heterocycles. The van der Waals surface area contributed by atoms with Gasteiger partial charge in [0, 0.05) is 13.6 Å². The van der Waals surface area contributed by atoms with Gasteiger partial charge < -0.3 is 5.32 Å². The molecule has 1 aromatic carbocycles. The standard InChI is InChI=1S/C10H14N2O2/c1-11-14-8-10(13)12-7-9-5-3-2-4-6-9/h2-6,11H,7-8H2,1H3,(H,12,13). The van der Waals surface area contributed by atoms with Crippen molar-refractivity contribution in [3.63, 3.8) is 0 Å². The van der Waals surface area contributed by atoms with Crippen molar-refractivity contribution >= 4 is 5.91 Å². The van der Waals surface area contributed by atoms with E-state index in [0.717, 1.165) is 5.56 Å². The lowest BCUT2D eigenvalue weighted by Gasteiger charge is -2.04. The molecule has 0 aliphatic rings. The largest absolute Gasteiger partial charge is 0.350 e. The van der Waals surface area contributed by atoms with Gasteiger partial charge in [0.1, 0.15) is 6.61 Å². The number of hydroxylamine groups is 1. The molecule has 2 N–H and O–H groups in total. The molecule has 76 valence electrons. The molecule has 4 heteroatoms. The zero-order valence-corrected chi connectivity index (χ0v) is 8.12. The van der Waals surface area contributed by atoms with Gasteiger partial charge in [-0.1, -0.05) is 30.3 Å². The Balaban J connectivity index is 2.24. The zero-order valence-electron chi connectivity index (χ0n) is 8.12. The highest BCUT2D eigenvalue weighted by molar-refractivity contribution is 5.77. The van der Waals surface area contributed by atoms with Crippen molar-refractivity contribution in [1.29, 1.82) is 0 Å². The molecule has 1 rings (SSSR count). The van der Waals surface area contributed by atoms with E-state index < -0.39 is 0 Å². The molecule has 0 saturated heterocycles. The third kappa shape index (κ3) is 4.02. The first-order chi connectivity index (χ1) is 6.83. The molecular weight excluding hydrogens is 180 g/mol. The van der Waals surface area contributed by atoms with Crippen LogP contribution in [0.25, 0.3) is 0 Å². The summed E-state index contributed by atoms with van der Waals surface area (Å²) in [4.78, 5) is 15.8. The molecule has 0 unspecified atom stereocenters. The van der Waals surface area contributed by atoms with Crippen molar-refractivity contribution in [3.8, 4) is 0 Å². The second-order valence-electron chi connectivity index (χ2n) is 2.76. The maximum atomic E-state index is 11.1. The van der Waals surface area contributed by atoms with Crippen molar-refractivity contribution in [2.24, 2.45) is 0 Å². The first-order valence-electron chi connectivity index (χ1n) is 4.42. The van der Waals surface area contributed by atoms with Crippen LogP contribution in [0.1, 0.15) is 5.56 Å². The average Bonchev–Trinajstić information content (AvgIpc) is 2.25. The molecule has 0 saturated carbocycles. The average molecular weight is 194 g/mol. The van der Waals surface area contributed by atoms with Gasteiger partial charge in [0.05, 0.1) is 0 Å². The van der Waals surface area contributed by atoms with Crippen molar-refractivity contribution in [2.45, 2.75) is 6.54 Å². The summed E-state index contributed by atoms with van der Waals surface area (Å²) in [5.41, 5.74) is 3.51. The lowest BCUT2D eigenvalue weighted by Crippen LogP contribution is -2.29. The third-order valence-electron chi connectivity index (χ3n) is 1.68. The summed E-state index contributed by atoms with van der Waals surface area (Å²) in [5.74, 6) is -0.136. The van der Waals surface area contributed by atoms with Crippen LogP contribution in [0.2, 0.25) is 0 Å². The second kappa shape index (κ2) is 6.12. The van der Waals surface area contributed by atoms with Gasteiger partial charge in [0.15, 0.2) is 0 Å². The van der Waals surface area contributed by atoms with Gasteiger partial charge in [-0.2, -0.15) is 0 Å². The van der Waals surface area contributed by atoms with Crippen molar-refractivity contribution in [3.05, 3.63) is 35.9 Å². The lowest BCUT2D eigenvalue weighted by atomic mass is 10.2. The molecule has 1 aromatic rings. The van der Waals surface area contributed by atoms with Crippen LogP contribution >= 0.6 is 0 Å². The zero-order chi connectivity index (χ0) is 10.2. The van der Waals surface area contributed by atoms with E-state index in [4.69, 9.17) is 4.84 Å². The highest BCUT2D eigenvalue weighted by atomic mass is 16.6. The Kier molecular flexibility index (Phi) is 4.68. The highest BCUT2D eigenvalue weighted by Crippen LogP contribution is 1.96. The normalized spacial score (nSPS) is 9.79. The number of carbonyl (C=O) groups is 1. The summed E-state index contributed by atoms with van der Waals surface area (Å²) < 4.78 is 0. The molecule has 0 atom stereocenters. The van der Waals surface area contributed by atoms with Crippen LogP contribution in [0.4, 0.5) is 0 Å². The Morgan fingerprint density at radius 2 is 2.07 bits per heavy atom. The van der Waals surface area contributed by atoms with Gasteiger partial charge >= 0.3 is 0 Å². The lowest BCUT2D eigenvalue weighted by molar-refractivity contribution is -0.128. The summed E-state index contributed by atoms with van der Waals surface area (Å²) in [7, 11) is 1.62. The van der Waals surface area contributed by atoms with Crippen LogP contribution in [0.5, 0.6) is 0 Å². The summed E-state index contributed by atoms with van der Waals surface area (Å²) in [6.45, 7) is 0.566. The van der Waals surface area contributed by atoms with Gasteiger partial charge in [-0.05, 0) is 5.56 Å². The smallest absolute Gasteiger partial charge is 0.248 e. The molecule has 0 bridgehead atoms. The fraction of sp³-hybridized carbons (Fsp3) is 0.300. The topological polar surface area (TPSA) is 50.4 Å². The number of rotatable bonds is 5. The molecule has 0 heterocycles. The monoisotopic (exact) mass is 194 g/mol. The van der Waals surface area contributed by atoms with Gasteiger partial charge in [0.2, 0.25) is 5.91 Å². The Morgan fingerprint density at radius 3 is 2.71 bits per heavy atom. The fourth-order valence-corrected chi connectivity index (χ4v) is 0.985. The van der Waals surface area contributed by atoms with Crippen molar-refractivity contribution < 1.29 is 9.63 Å². The number of amides is 1. The van der Waals surface area contributed by atoms with E-state index in [1.165, 1.54) is 0 Å². The molecule has 1 amide bonds. The van der Waals surface area contributed by atoms with Crippen LogP contribution < -0.4 is 10.8 Å². The maximum absolute atomic E-state index is 11.1. The Hall–Kier alpha value is -1.39. The second-order valence-corrected chi connectivity index (χ2v) is 2.76. The number of benzene rings is 1. The number of hydrogen-bond acceptors (Lipinski definition) is 3. The molecule has 4 nitrogen and oxygen atoms in total. The summed E-state index contributed by atoms with van der Waals surface area (Å²) in [5, 5.41) is 2.73. The van der Waals surface area contributed by atoms with Crippen molar-refractivity contribution in [2.75, 3.05) is 13.7 Å². The predicted molar refractivity (Wildman–Crippen MR) is 53.3 cm³/mol. The fourth-order valence-electron chi connectivity index (χ4n) is 0.985. The molecule has 14 heavy (non-hydrogen) atoms. The molecule has 0 radical (unpaired) electrons. The molecule has 0 aromatic heterocycles. The summed E-state index contributed by atoms with van der Waals surface area (Å²) in [6, 6.07) is 9.73. The van der Waals surface area contributed by atoms with E-state index in [-0.39, 0.29) is 12.5 Å². The van der Waals surface area contributed by atoms with Crippen LogP contribution in [0.3, 0.4) is 0 Å². The first-order valence-corrected chi connectivity index (χ1v) is 4.42. The van der Waals surface area contributed by atoms with E-state index in [2.05, 4.69) is 10.8 Å². The Bertz CT molecular complexity index is 275. The minimum atomic E-state index is -0.136. The van der Waals surface area contributed by atoms with E-state index in [9.17, 15) is 4.79 Å². The Labute approximate surface area is 83.2 Å². The summed E-state index contributed by atoms with van der Waals surface area (Å²) >= 11 is 0. The summed E-state index contributed by atoms with van der Waals surface area (Å²) in [6.07, 6.45) is 0. The first kappa shape index (κ1) is 10.7. The van der Waals surface area contributed by atoms with E-state index >= 15 is 0 Å². The minimum Gasteiger partial charge on any atom is -0.350 e. The third-order valence-corrected chi connectivity index (χ3v) is 1.68. The van der Waals surface area contributed by atoms with E-state index in [1.807, 2.05) is 30.3 Å². The maximum Gasteiger partial charge on any atom is 0.248 e. The predicted octanol–water partition coefficient (Wildman–Crippen LogP) is 0.454. The van der Waals surface area contributed by atoms with Gasteiger partial charge in [0.25, 0.3) is 0 Å². The number of hydrogen-bond donors (Lipinski definition) is 2. The Morgan fingerprint density at radius 1 is 1.36 bits per heavy atom. The quantitative estimate of drug-likeness (QED) is 0.669. The van der Waals surface area contributed by atoms with Crippen LogP contribution in [0, 0.1) is 0 Å². The van der Waals surface area contributed by atoms with Crippen molar-refractivity contribution in [1.82, 2.24) is 10.8 Å². The SMILES string of the molecule is CNOCC(=O)NCc1ccccc1. The van der Waals surface area contributed by atoms with Gasteiger partial charge in [-0.25, -0.2) is 5.48 Å². The molecule has 0 spiro atoms. The van der Waals surface area contributed by atoms with Gasteiger partial charge in [-0.3, -0.25) is 9.63 Å². The molecule has 0 fully saturated rings. The molecule has 0 aliphatic carbocycles. The van der Waals surface area contributed by atoms with Crippen LogP contribution in [-0.4, -0.2) is 19.6 Å². The van der Waals surface area contributed by atoms with E-state index in [1.54, 1.807) is 7.05 Å². The van der Waals surface area contributed by atoms with E-state index in [0.29, 0.717) is 6.54 Å². The minimum absolute atomic E-state index is 0.0311. The number of carbonyl (C=O) groups excluding carboxylic acids is 1. The van der Waals surface area contributed by atoms with Crippen LogP contribution in [0.15, 0.2) is 30.3 Å². The van der Waals surface area contributed by atoms with Crippen LogP contribution in [-0.2, 0) is 16.2 Å². The molecular formula is C10H14N2O2. The number of nitrogens with one attached hydrogen (secondary N) is 2. The van der Waals surface area contributed by atoms with Gasteiger partial charge in [-0.15, -0.1) is 0 Å². The highest BCUT2D eigenvalue weighted by Gasteiger charge is 1.99.